The molecule has 2 saturated heterocycles. The highest BCUT2D eigenvalue weighted by Gasteiger charge is 2.59. The maximum Gasteiger partial charge on any atom is 0.254 e. The number of likely N-dealkylation sites (N-methyl/N-ethyl adjacent to an activating group) is 2. The van der Waals surface area contributed by atoms with Crippen LogP contribution >= 0.6 is 0 Å². The average molecular weight is 1440 g/mol. The van der Waals surface area contributed by atoms with Crippen LogP contribution in [-0.2, 0) is 32.4 Å². The molecule has 0 aromatic heterocycles. The SMILES string of the molecule is COc1c(CN2O[C@@H](CO)[C@@H]([C@H](C)O)[C@H]2C(=O)N[C@H]2C[C@H]3C[C@@H]([C@@H]2C)C3(C)C)cccc1-c1ccc(F)c(C(=O)N[C@H](CC(C)C)CN(C)C)c1.COc1c(CN2O[C@@H](CO)[C@@H]([C@H](C)O)[C@H]2C(=O)N[C@H]2C[C@H]3C[C@@H]([C@@H]2C)C3(C)C)cccc1-c1cccc(C(=O)N[C@@H](CC2CCCCC2)CN(C)C)c1. The average Bonchev–Trinajstić information content (AvgIpc) is 0.858. The fraction of sp³-hybridized carbons (Fsp3) is 0.663. The van der Waals surface area contributed by atoms with Crippen molar-refractivity contribution >= 4 is 23.6 Å². The number of amides is 4. The van der Waals surface area contributed by atoms with E-state index in [1.54, 1.807) is 50.3 Å². The van der Waals surface area contributed by atoms with Crippen LogP contribution in [-0.4, -0.2) is 193 Å². The number of rotatable bonds is 28. The second-order valence-electron chi connectivity index (χ2n) is 34.0. The van der Waals surface area contributed by atoms with Crippen molar-refractivity contribution in [2.24, 2.45) is 70.0 Å². The van der Waals surface area contributed by atoms with Crippen LogP contribution in [0.4, 0.5) is 4.39 Å². The van der Waals surface area contributed by atoms with Crippen LogP contribution in [0.2, 0.25) is 0 Å². The summed E-state index contributed by atoms with van der Waals surface area (Å²) in [6.45, 7) is 22.3. The van der Waals surface area contributed by atoms with E-state index in [1.165, 1.54) is 51.0 Å². The number of carbonyl (C=O) groups excluding carboxylic acids is 4. The Morgan fingerprint density at radius 2 is 1.08 bits per heavy atom. The summed E-state index contributed by atoms with van der Waals surface area (Å²) in [5.74, 6) is 2.10. The highest BCUT2D eigenvalue weighted by molar-refractivity contribution is 5.97. The van der Waals surface area contributed by atoms with Gasteiger partial charge in [0.15, 0.2) is 0 Å². The van der Waals surface area contributed by atoms with Gasteiger partial charge in [-0.15, -0.1) is 0 Å². The van der Waals surface area contributed by atoms with Crippen LogP contribution in [0.15, 0.2) is 78.9 Å². The smallest absolute Gasteiger partial charge is 0.254 e. The molecule has 9 aliphatic rings. The number of para-hydroxylation sites is 2. The standard InChI is InChI=1S/C43H64N4O6.C40H59FN4O6/c1-26-35-21-32(43(35,3)4)22-36(26)45-42(51)39-38(27(2)49)37(25-48)53-47(39)23-31-17-12-18-34(40(31)52-7)29-15-11-16-30(20-29)41(50)44-33(24-46(5)6)19-28-13-9-8-10-14-28;1-22(2)15-28(20-44(7)8)42-38(48)30-16-25(13-14-32(30)41)29-12-10-11-26(37(29)50-9)19-45-36(35(24(4)47)34(21-46)51-45)39(49)43-33-18-27-17-31(23(33)3)40(27,5)6/h11-12,15-18,20,26-28,32-33,35-39,48-49H,8-10,13-14,19,21-25H2,1-7H3,(H,44,50)(H,45,51);10-14,16,22-24,27-28,31,33-36,46-47H,15,17-21H2,1-9H3,(H,42,48)(H,43,49)/t26-,27-,32+,33-,35-,36-,37-,38+,39-;23-,24-,27+,28+,31-,33-,34-,35+,36-/m00/s1. The Hall–Kier alpha value is -6.11. The zero-order chi connectivity index (χ0) is 75.4. The Balaban J connectivity index is 0.000000223. The Bertz CT molecular complexity index is 3570. The van der Waals surface area contributed by atoms with Gasteiger partial charge in [-0.3, -0.25) is 28.9 Å². The third-order valence-corrected chi connectivity index (χ3v) is 25.3. The van der Waals surface area contributed by atoms with E-state index in [-0.39, 0.29) is 79.2 Å². The van der Waals surface area contributed by atoms with Gasteiger partial charge in [0.25, 0.3) is 11.8 Å². The number of hydroxylamine groups is 4. The van der Waals surface area contributed by atoms with Crippen LogP contribution in [0.1, 0.15) is 172 Å². The zero-order valence-corrected chi connectivity index (χ0v) is 64.8. The first kappa shape index (κ1) is 80.4. The van der Waals surface area contributed by atoms with E-state index < -0.39 is 60.1 Å². The summed E-state index contributed by atoms with van der Waals surface area (Å²) in [6, 6.07) is 21.8. The lowest BCUT2D eigenvalue weighted by Crippen LogP contribution is -2.62. The molecule has 13 rings (SSSR count). The number of nitrogens with one attached hydrogen (secondary N) is 4. The molecular weight excluding hydrogens is 1320 g/mol. The second kappa shape index (κ2) is 34.4. The molecule has 574 valence electrons. The van der Waals surface area contributed by atoms with Crippen molar-refractivity contribution in [3.05, 3.63) is 107 Å². The van der Waals surface area contributed by atoms with E-state index in [1.807, 2.05) is 79.7 Å². The molecule has 4 bridgehead atoms. The van der Waals surface area contributed by atoms with Gasteiger partial charge < -0.3 is 61.0 Å². The molecule has 9 fully saturated rings. The number of hydrogen-bond donors (Lipinski definition) is 8. The van der Waals surface area contributed by atoms with Crippen LogP contribution in [0.3, 0.4) is 0 Å². The molecule has 20 nitrogen and oxygen atoms in total. The first-order valence-corrected chi connectivity index (χ1v) is 38.6. The molecule has 2 heterocycles. The molecule has 4 amide bonds. The summed E-state index contributed by atoms with van der Waals surface area (Å²) in [5, 5.41) is 58.6. The van der Waals surface area contributed by atoms with Crippen molar-refractivity contribution < 1.29 is 63.1 Å². The number of methoxy groups -OCH3 is 2. The summed E-state index contributed by atoms with van der Waals surface area (Å²) in [7, 11) is 11.1. The molecule has 0 radical (unpaired) electrons. The summed E-state index contributed by atoms with van der Waals surface area (Å²) >= 11 is 0. The van der Waals surface area contributed by atoms with E-state index in [2.05, 4.69) is 95.7 Å². The van der Waals surface area contributed by atoms with Crippen molar-refractivity contribution in [3.8, 4) is 33.8 Å². The van der Waals surface area contributed by atoms with E-state index in [0.717, 1.165) is 48.9 Å². The molecule has 7 aliphatic carbocycles. The van der Waals surface area contributed by atoms with Crippen molar-refractivity contribution in [1.82, 2.24) is 41.2 Å². The second-order valence-corrected chi connectivity index (χ2v) is 34.0. The fourth-order valence-electron chi connectivity index (χ4n) is 19.5. The molecule has 18 atom stereocenters. The molecule has 8 N–H and O–H groups in total. The van der Waals surface area contributed by atoms with Gasteiger partial charge in [0.05, 0.1) is 58.3 Å². The molecule has 2 aliphatic heterocycles. The lowest BCUT2D eigenvalue weighted by atomic mass is 9.45. The molecular formula is C83H123FN8O12. The topological polar surface area (TPSA) is 247 Å². The van der Waals surface area contributed by atoms with Crippen molar-refractivity contribution in [2.45, 2.75) is 214 Å². The number of benzene rings is 4. The van der Waals surface area contributed by atoms with E-state index >= 15 is 4.39 Å². The highest BCUT2D eigenvalue weighted by atomic mass is 19.1. The van der Waals surface area contributed by atoms with Crippen LogP contribution < -0.4 is 30.7 Å². The van der Waals surface area contributed by atoms with Gasteiger partial charge in [0.2, 0.25) is 11.8 Å². The maximum atomic E-state index is 15.2. The van der Waals surface area contributed by atoms with Crippen LogP contribution in [0, 0.1) is 75.8 Å². The number of ether oxygens (including phenoxy) is 2. The fourth-order valence-corrected chi connectivity index (χ4v) is 19.5. The Labute approximate surface area is 618 Å². The minimum absolute atomic E-state index is 0.0187. The summed E-state index contributed by atoms with van der Waals surface area (Å²) in [5.41, 5.74) is 5.45. The molecule has 7 saturated carbocycles. The van der Waals surface area contributed by atoms with Crippen molar-refractivity contribution in [1.29, 1.82) is 0 Å². The minimum atomic E-state index is -0.922. The van der Waals surface area contributed by atoms with Gasteiger partial charge in [0.1, 0.15) is 41.6 Å². The quantitative estimate of drug-likeness (QED) is 0.0263. The molecule has 21 heteroatoms. The van der Waals surface area contributed by atoms with E-state index in [4.69, 9.17) is 19.1 Å². The normalized spacial score (nSPS) is 29.0. The van der Waals surface area contributed by atoms with Crippen LogP contribution in [0.25, 0.3) is 22.3 Å². The number of aliphatic hydroxyl groups is 4. The maximum absolute atomic E-state index is 15.2. The van der Waals surface area contributed by atoms with Gasteiger partial charge in [-0.1, -0.05) is 142 Å². The predicted molar refractivity (Wildman–Crippen MR) is 402 cm³/mol. The Morgan fingerprint density at radius 1 is 0.615 bits per heavy atom. The third kappa shape index (κ3) is 17.7. The molecule has 4 aromatic rings. The van der Waals surface area contributed by atoms with Crippen LogP contribution in [0.5, 0.6) is 11.5 Å². The Kier molecular flexibility index (Phi) is 26.6. The van der Waals surface area contributed by atoms with Gasteiger partial charge >= 0.3 is 0 Å². The predicted octanol–water partition coefficient (Wildman–Crippen LogP) is 10.5. The van der Waals surface area contributed by atoms with Crippen molar-refractivity contribution in [2.75, 3.05) is 68.7 Å². The van der Waals surface area contributed by atoms with E-state index in [9.17, 15) is 39.6 Å². The number of hydrogen-bond acceptors (Lipinski definition) is 16. The minimum Gasteiger partial charge on any atom is -0.496 e. The Morgan fingerprint density at radius 3 is 1.51 bits per heavy atom. The lowest BCUT2D eigenvalue weighted by Gasteiger charge is -2.62. The van der Waals surface area contributed by atoms with Gasteiger partial charge in [-0.2, -0.15) is 10.1 Å². The largest absolute Gasteiger partial charge is 0.496 e. The van der Waals surface area contributed by atoms with Crippen molar-refractivity contribution in [3.63, 3.8) is 0 Å². The summed E-state index contributed by atoms with van der Waals surface area (Å²) < 4.78 is 27.2. The molecule has 104 heavy (non-hydrogen) atoms. The third-order valence-electron chi connectivity index (χ3n) is 25.3. The summed E-state index contributed by atoms with van der Waals surface area (Å²) in [4.78, 5) is 72.1. The monoisotopic (exact) mass is 1440 g/mol. The number of carbonyl (C=O) groups is 4. The van der Waals surface area contributed by atoms with E-state index in [0.29, 0.717) is 93.1 Å². The zero-order valence-electron chi connectivity index (χ0n) is 64.8. The summed E-state index contributed by atoms with van der Waals surface area (Å²) in [6.07, 6.45) is 9.00. The van der Waals surface area contributed by atoms with Gasteiger partial charge in [0, 0.05) is 76.9 Å². The first-order valence-electron chi connectivity index (χ1n) is 38.6. The number of aliphatic hydroxyl groups excluding tert-OH is 4. The molecule has 0 spiro atoms. The van der Waals surface area contributed by atoms with Gasteiger partial charge in [-0.05, 0) is 174 Å². The molecule has 4 aromatic carbocycles. The lowest BCUT2D eigenvalue weighted by molar-refractivity contribution is -0.183. The molecule has 0 unspecified atom stereocenters. The number of fused-ring (bicyclic) bond motifs is 4. The highest BCUT2D eigenvalue weighted by Crippen LogP contribution is 2.62. The number of halogens is 1. The first-order chi connectivity index (χ1) is 49.4. The number of nitrogens with zero attached hydrogens (tertiary/aromatic N) is 4. The van der Waals surface area contributed by atoms with Gasteiger partial charge in [-0.25, -0.2) is 4.39 Å².